The molecular weight excluding hydrogens is 493 g/mol. The minimum absolute atomic E-state index is 0. The Morgan fingerprint density at radius 3 is 2.37 bits per heavy atom. The molecule has 1 heterocycles. The molecule has 7 heteroatoms. The zero-order valence-corrected chi connectivity index (χ0v) is 19.5. The normalized spacial score (nSPS) is 13.0. The van der Waals surface area contributed by atoms with Gasteiger partial charge in [-0.15, -0.1) is 24.0 Å². The van der Waals surface area contributed by atoms with E-state index in [0.717, 1.165) is 52.4 Å². The van der Waals surface area contributed by atoms with E-state index in [4.69, 9.17) is 14.3 Å². The van der Waals surface area contributed by atoms with Crippen LogP contribution in [0.4, 0.5) is 0 Å². The fourth-order valence-corrected chi connectivity index (χ4v) is 3.34. The maximum atomic E-state index is 5.93. The Morgan fingerprint density at radius 1 is 0.900 bits per heavy atom. The highest BCUT2D eigenvalue weighted by Gasteiger charge is 2.17. The van der Waals surface area contributed by atoms with E-state index in [1.165, 1.54) is 0 Å². The van der Waals surface area contributed by atoms with Crippen LogP contribution in [0.25, 0.3) is 10.8 Å². The number of halogens is 1. The van der Waals surface area contributed by atoms with Crippen molar-refractivity contribution >= 4 is 40.7 Å². The molecular formula is C23H26IN3O3. The minimum atomic E-state index is 0. The van der Waals surface area contributed by atoms with E-state index in [0.29, 0.717) is 13.2 Å². The SMILES string of the molecule is COc1cc2ccc(CNC3=NCCN3OCc3ccccc3)cc2cc1OC.I. The Morgan fingerprint density at radius 2 is 1.63 bits per heavy atom. The molecule has 0 aliphatic carbocycles. The average Bonchev–Trinajstić information content (AvgIpc) is 3.23. The monoisotopic (exact) mass is 519 g/mol. The molecule has 0 spiro atoms. The first kappa shape index (κ1) is 22.2. The lowest BCUT2D eigenvalue weighted by atomic mass is 10.1. The van der Waals surface area contributed by atoms with Gasteiger partial charge in [0.15, 0.2) is 11.5 Å². The molecule has 0 fully saturated rings. The van der Waals surface area contributed by atoms with Crippen molar-refractivity contribution in [2.24, 2.45) is 4.99 Å². The number of hydroxylamine groups is 2. The van der Waals surface area contributed by atoms with Crippen molar-refractivity contribution < 1.29 is 14.3 Å². The second kappa shape index (κ2) is 10.5. The molecule has 158 valence electrons. The van der Waals surface area contributed by atoms with Gasteiger partial charge in [-0.3, -0.25) is 4.84 Å². The summed E-state index contributed by atoms with van der Waals surface area (Å²) in [4.78, 5) is 10.5. The summed E-state index contributed by atoms with van der Waals surface area (Å²) < 4.78 is 10.8. The first-order chi connectivity index (χ1) is 14.3. The number of nitrogens with one attached hydrogen (secondary N) is 1. The predicted octanol–water partition coefficient (Wildman–Crippen LogP) is 4.37. The molecule has 1 N–H and O–H groups in total. The van der Waals surface area contributed by atoms with Gasteiger partial charge in [0.25, 0.3) is 0 Å². The van der Waals surface area contributed by atoms with E-state index in [1.807, 2.05) is 35.4 Å². The minimum Gasteiger partial charge on any atom is -0.493 e. The number of hydrogen-bond donors (Lipinski definition) is 1. The molecule has 0 bridgehead atoms. The highest BCUT2D eigenvalue weighted by atomic mass is 127. The van der Waals surface area contributed by atoms with E-state index in [-0.39, 0.29) is 24.0 Å². The van der Waals surface area contributed by atoms with Gasteiger partial charge in [0.2, 0.25) is 5.96 Å². The number of methoxy groups -OCH3 is 2. The zero-order chi connectivity index (χ0) is 20.1. The van der Waals surface area contributed by atoms with E-state index < -0.39 is 0 Å². The summed E-state index contributed by atoms with van der Waals surface area (Å²) in [5, 5.41) is 7.44. The highest BCUT2D eigenvalue weighted by molar-refractivity contribution is 14.0. The second-order valence-corrected chi connectivity index (χ2v) is 6.81. The number of aliphatic imine (C=N–C) groups is 1. The Balaban J connectivity index is 0.00000256. The highest BCUT2D eigenvalue weighted by Crippen LogP contribution is 2.32. The molecule has 1 aliphatic rings. The predicted molar refractivity (Wildman–Crippen MR) is 130 cm³/mol. The van der Waals surface area contributed by atoms with Crippen molar-refractivity contribution in [1.29, 1.82) is 0 Å². The van der Waals surface area contributed by atoms with Crippen LogP contribution in [0, 0.1) is 0 Å². The summed E-state index contributed by atoms with van der Waals surface area (Å²) in [5.74, 6) is 2.23. The maximum absolute atomic E-state index is 5.93. The topological polar surface area (TPSA) is 55.3 Å². The number of hydrogen-bond acceptors (Lipinski definition) is 6. The van der Waals surface area contributed by atoms with Gasteiger partial charge in [-0.25, -0.2) is 10.1 Å². The van der Waals surface area contributed by atoms with Gasteiger partial charge in [0.05, 0.1) is 27.3 Å². The Labute approximate surface area is 193 Å². The average molecular weight is 519 g/mol. The Kier molecular flexibility index (Phi) is 7.75. The van der Waals surface area contributed by atoms with E-state index in [9.17, 15) is 0 Å². The van der Waals surface area contributed by atoms with Crippen molar-refractivity contribution in [3.05, 3.63) is 71.8 Å². The fraction of sp³-hybridized carbons (Fsp3) is 0.261. The van der Waals surface area contributed by atoms with Crippen molar-refractivity contribution in [2.45, 2.75) is 13.2 Å². The van der Waals surface area contributed by atoms with Gasteiger partial charge < -0.3 is 14.8 Å². The van der Waals surface area contributed by atoms with Gasteiger partial charge in [-0.1, -0.05) is 42.5 Å². The van der Waals surface area contributed by atoms with Gasteiger partial charge in [-0.2, -0.15) is 0 Å². The molecule has 1 aliphatic heterocycles. The van der Waals surface area contributed by atoms with Gasteiger partial charge in [0, 0.05) is 6.54 Å². The van der Waals surface area contributed by atoms with Crippen molar-refractivity contribution in [1.82, 2.24) is 10.4 Å². The lowest BCUT2D eigenvalue weighted by Crippen LogP contribution is -2.37. The summed E-state index contributed by atoms with van der Waals surface area (Å²) in [6.07, 6.45) is 0. The fourth-order valence-electron chi connectivity index (χ4n) is 3.34. The first-order valence-corrected chi connectivity index (χ1v) is 9.64. The number of ether oxygens (including phenoxy) is 2. The standard InChI is InChI=1S/C23H25N3O3.HI/c1-27-21-13-19-9-8-18(12-20(19)14-22(21)28-2)15-25-23-24-10-11-26(23)29-16-17-6-4-3-5-7-17;/h3-9,12-14H,10-11,15-16H2,1-2H3,(H,24,25);1H. The van der Waals surface area contributed by atoms with E-state index in [1.54, 1.807) is 14.2 Å². The second-order valence-electron chi connectivity index (χ2n) is 6.81. The third kappa shape index (κ3) is 5.14. The van der Waals surface area contributed by atoms with Crippen LogP contribution in [-0.4, -0.2) is 38.3 Å². The van der Waals surface area contributed by atoms with Crippen molar-refractivity contribution in [3.8, 4) is 11.5 Å². The van der Waals surface area contributed by atoms with Crippen LogP contribution < -0.4 is 14.8 Å². The summed E-state index contributed by atoms with van der Waals surface area (Å²) in [6.45, 7) is 2.67. The number of guanidine groups is 1. The molecule has 30 heavy (non-hydrogen) atoms. The third-order valence-electron chi connectivity index (χ3n) is 4.89. The zero-order valence-electron chi connectivity index (χ0n) is 17.1. The Bertz CT molecular complexity index is 1010. The van der Waals surface area contributed by atoms with Crippen LogP contribution in [0.5, 0.6) is 11.5 Å². The maximum Gasteiger partial charge on any atom is 0.218 e. The van der Waals surface area contributed by atoms with E-state index in [2.05, 4.69) is 40.6 Å². The van der Waals surface area contributed by atoms with Crippen molar-refractivity contribution in [3.63, 3.8) is 0 Å². The molecule has 4 rings (SSSR count). The summed E-state index contributed by atoms with van der Waals surface area (Å²) in [7, 11) is 3.30. The lowest BCUT2D eigenvalue weighted by Gasteiger charge is -2.20. The molecule has 0 unspecified atom stereocenters. The van der Waals surface area contributed by atoms with E-state index >= 15 is 0 Å². The van der Waals surface area contributed by atoms with Crippen LogP contribution in [-0.2, 0) is 18.0 Å². The molecule has 0 saturated heterocycles. The van der Waals surface area contributed by atoms with Crippen LogP contribution in [0.3, 0.4) is 0 Å². The quantitative estimate of drug-likeness (QED) is 0.470. The van der Waals surface area contributed by atoms with Crippen LogP contribution in [0.1, 0.15) is 11.1 Å². The number of rotatable bonds is 7. The van der Waals surface area contributed by atoms with Crippen LogP contribution >= 0.6 is 24.0 Å². The molecule has 0 radical (unpaired) electrons. The first-order valence-electron chi connectivity index (χ1n) is 9.64. The van der Waals surface area contributed by atoms with Crippen molar-refractivity contribution in [2.75, 3.05) is 27.3 Å². The molecule has 0 amide bonds. The lowest BCUT2D eigenvalue weighted by molar-refractivity contribution is -0.106. The van der Waals surface area contributed by atoms with Crippen LogP contribution in [0.15, 0.2) is 65.7 Å². The number of fused-ring (bicyclic) bond motifs is 1. The van der Waals surface area contributed by atoms with Gasteiger partial charge in [0.1, 0.15) is 6.61 Å². The largest absolute Gasteiger partial charge is 0.493 e. The molecule has 0 saturated carbocycles. The van der Waals surface area contributed by atoms with Crippen LogP contribution in [0.2, 0.25) is 0 Å². The van der Waals surface area contributed by atoms with Gasteiger partial charge in [-0.05, 0) is 40.1 Å². The summed E-state index contributed by atoms with van der Waals surface area (Å²) >= 11 is 0. The third-order valence-corrected chi connectivity index (χ3v) is 4.89. The Hall–Kier alpha value is -2.52. The number of nitrogens with zero attached hydrogens (tertiary/aromatic N) is 2. The molecule has 0 atom stereocenters. The summed E-state index contributed by atoms with van der Waals surface area (Å²) in [5.41, 5.74) is 2.29. The number of benzene rings is 3. The smallest absolute Gasteiger partial charge is 0.218 e. The molecule has 6 nitrogen and oxygen atoms in total. The summed E-state index contributed by atoms with van der Waals surface area (Å²) in [6, 6.07) is 20.5. The molecule has 3 aromatic rings. The molecule has 3 aromatic carbocycles. The van der Waals surface area contributed by atoms with Gasteiger partial charge >= 0.3 is 0 Å². The molecule has 0 aromatic heterocycles.